The third kappa shape index (κ3) is 5.21. The maximum atomic E-state index is 12.1. The van der Waals surface area contributed by atoms with E-state index in [4.69, 9.17) is 0 Å². The average molecular weight is 312 g/mol. The summed E-state index contributed by atoms with van der Waals surface area (Å²) in [6.07, 6.45) is 2.94. The zero-order valence-corrected chi connectivity index (χ0v) is 12.7. The summed E-state index contributed by atoms with van der Waals surface area (Å²) in [7, 11) is 0. The molecule has 0 heterocycles. The fraction of sp³-hybridized carbons (Fsp3) is 0.533. The van der Waals surface area contributed by atoms with Crippen LogP contribution in [-0.2, 0) is 4.79 Å². The molecule has 100 valence electrons. The van der Waals surface area contributed by atoms with Crippen LogP contribution in [-0.4, -0.2) is 17.3 Å². The summed E-state index contributed by atoms with van der Waals surface area (Å²) in [5.74, 6) is 0.124. The number of benzene rings is 1. The van der Waals surface area contributed by atoms with Gasteiger partial charge in [0.25, 0.3) is 0 Å². The summed E-state index contributed by atoms with van der Waals surface area (Å²) in [5, 5.41) is 3.03. The van der Waals surface area contributed by atoms with Crippen LogP contribution in [0.25, 0.3) is 0 Å². The summed E-state index contributed by atoms with van der Waals surface area (Å²) in [6.45, 7) is 4.94. The number of halogens is 1. The highest BCUT2D eigenvalue weighted by Gasteiger charge is 2.17. The molecule has 0 fully saturated rings. The van der Waals surface area contributed by atoms with Crippen molar-refractivity contribution < 1.29 is 4.79 Å². The van der Waals surface area contributed by atoms with Crippen molar-refractivity contribution in [3.05, 3.63) is 35.9 Å². The van der Waals surface area contributed by atoms with Gasteiger partial charge in [-0.3, -0.25) is 4.79 Å². The number of rotatable bonds is 7. The van der Waals surface area contributed by atoms with E-state index in [0.717, 1.165) is 31.4 Å². The highest BCUT2D eigenvalue weighted by atomic mass is 79.9. The topological polar surface area (TPSA) is 29.1 Å². The second kappa shape index (κ2) is 8.30. The second-order valence-corrected chi connectivity index (χ2v) is 6.15. The van der Waals surface area contributed by atoms with Crippen molar-refractivity contribution in [2.45, 2.75) is 43.9 Å². The van der Waals surface area contributed by atoms with Crippen molar-refractivity contribution in [3.63, 3.8) is 0 Å². The Morgan fingerprint density at radius 3 is 2.56 bits per heavy atom. The van der Waals surface area contributed by atoms with Gasteiger partial charge in [-0.25, -0.2) is 0 Å². The number of carbonyl (C=O) groups is 1. The van der Waals surface area contributed by atoms with Gasteiger partial charge in [-0.2, -0.15) is 0 Å². The molecule has 0 aromatic heterocycles. The van der Waals surface area contributed by atoms with Gasteiger partial charge in [0.1, 0.15) is 0 Å². The first-order valence-corrected chi connectivity index (χ1v) is 7.53. The predicted molar refractivity (Wildman–Crippen MR) is 80.1 cm³/mol. The van der Waals surface area contributed by atoms with E-state index in [1.54, 1.807) is 0 Å². The van der Waals surface area contributed by atoms with Crippen molar-refractivity contribution in [3.8, 4) is 0 Å². The zero-order chi connectivity index (χ0) is 13.4. The third-order valence-corrected chi connectivity index (χ3v) is 3.46. The minimum Gasteiger partial charge on any atom is -0.356 e. The normalized spacial score (nSPS) is 13.9. The van der Waals surface area contributed by atoms with Gasteiger partial charge in [0.05, 0.1) is 5.92 Å². The molecule has 1 aromatic rings. The molecule has 2 unspecified atom stereocenters. The molecule has 18 heavy (non-hydrogen) atoms. The Bertz CT molecular complexity index is 351. The van der Waals surface area contributed by atoms with E-state index >= 15 is 0 Å². The van der Waals surface area contributed by atoms with E-state index in [1.165, 1.54) is 0 Å². The molecular formula is C15H22BrNO. The number of amides is 1. The minimum absolute atomic E-state index is 0.0207. The summed E-state index contributed by atoms with van der Waals surface area (Å²) >= 11 is 3.51. The maximum Gasteiger partial charge on any atom is 0.227 e. The van der Waals surface area contributed by atoms with E-state index in [1.807, 2.05) is 30.3 Å². The van der Waals surface area contributed by atoms with Gasteiger partial charge in [0.15, 0.2) is 0 Å². The molecule has 0 bridgehead atoms. The van der Waals surface area contributed by atoms with Crippen LogP contribution in [0.2, 0.25) is 0 Å². The van der Waals surface area contributed by atoms with Gasteiger partial charge in [0, 0.05) is 11.4 Å². The molecule has 2 nitrogen and oxygen atoms in total. The Balaban J connectivity index is 2.43. The molecule has 1 amide bonds. The first kappa shape index (κ1) is 15.2. The van der Waals surface area contributed by atoms with E-state index in [9.17, 15) is 4.79 Å². The SMILES string of the molecule is CCC(C(=O)NCCCC(C)Br)c1ccccc1. The lowest BCUT2D eigenvalue weighted by molar-refractivity contribution is -0.122. The molecule has 3 heteroatoms. The fourth-order valence-electron chi connectivity index (χ4n) is 1.98. The van der Waals surface area contributed by atoms with Crippen molar-refractivity contribution in [2.24, 2.45) is 0 Å². The lowest BCUT2D eigenvalue weighted by Crippen LogP contribution is -2.30. The Kier molecular flexibility index (Phi) is 7.02. The summed E-state index contributed by atoms with van der Waals surface area (Å²) in [6, 6.07) is 9.99. The molecule has 0 radical (unpaired) electrons. The van der Waals surface area contributed by atoms with Crippen molar-refractivity contribution in [1.82, 2.24) is 5.32 Å². The highest BCUT2D eigenvalue weighted by Crippen LogP contribution is 2.19. The molecular weight excluding hydrogens is 290 g/mol. The minimum atomic E-state index is -0.0207. The summed E-state index contributed by atoms with van der Waals surface area (Å²) in [5.41, 5.74) is 1.10. The number of alkyl halides is 1. The molecule has 0 spiro atoms. The van der Waals surface area contributed by atoms with E-state index < -0.39 is 0 Å². The number of nitrogens with one attached hydrogen (secondary N) is 1. The molecule has 2 atom stereocenters. The summed E-state index contributed by atoms with van der Waals surface area (Å²) in [4.78, 5) is 12.6. The molecule has 1 N–H and O–H groups in total. The Labute approximate surface area is 118 Å². The first-order chi connectivity index (χ1) is 8.65. The predicted octanol–water partition coefficient (Wildman–Crippen LogP) is 3.86. The molecule has 0 saturated heterocycles. The monoisotopic (exact) mass is 311 g/mol. The van der Waals surface area contributed by atoms with Crippen LogP contribution >= 0.6 is 15.9 Å². The van der Waals surface area contributed by atoms with E-state index in [0.29, 0.717) is 4.83 Å². The quantitative estimate of drug-likeness (QED) is 0.601. The number of hydrogen-bond donors (Lipinski definition) is 1. The highest BCUT2D eigenvalue weighted by molar-refractivity contribution is 9.09. The molecule has 0 aliphatic rings. The van der Waals surface area contributed by atoms with Crippen LogP contribution in [0.1, 0.15) is 44.6 Å². The maximum absolute atomic E-state index is 12.1. The van der Waals surface area contributed by atoms with Gasteiger partial charge in [-0.05, 0) is 24.8 Å². The third-order valence-electron chi connectivity index (χ3n) is 3.00. The standard InChI is InChI=1S/C15H22BrNO/c1-3-14(13-9-5-4-6-10-13)15(18)17-11-7-8-12(2)16/h4-6,9-10,12,14H,3,7-8,11H2,1-2H3,(H,17,18). The van der Waals surface area contributed by atoms with Crippen molar-refractivity contribution in [1.29, 1.82) is 0 Å². The average Bonchev–Trinajstić information content (AvgIpc) is 2.36. The number of carbonyl (C=O) groups excluding carboxylic acids is 1. The van der Waals surface area contributed by atoms with Gasteiger partial charge in [-0.15, -0.1) is 0 Å². The van der Waals surface area contributed by atoms with Crippen molar-refractivity contribution >= 4 is 21.8 Å². The van der Waals surface area contributed by atoms with Crippen LogP contribution < -0.4 is 5.32 Å². The second-order valence-electron chi connectivity index (χ2n) is 4.59. The molecule has 1 rings (SSSR count). The van der Waals surface area contributed by atoms with Gasteiger partial charge >= 0.3 is 0 Å². The largest absolute Gasteiger partial charge is 0.356 e. The van der Waals surface area contributed by atoms with Gasteiger partial charge in [-0.1, -0.05) is 60.1 Å². The molecule has 0 saturated carbocycles. The van der Waals surface area contributed by atoms with Crippen LogP contribution in [0.4, 0.5) is 0 Å². The molecule has 0 aliphatic heterocycles. The van der Waals surface area contributed by atoms with Gasteiger partial charge in [0.2, 0.25) is 5.91 Å². The van der Waals surface area contributed by atoms with Crippen LogP contribution in [0.15, 0.2) is 30.3 Å². The Hall–Kier alpha value is -0.830. The van der Waals surface area contributed by atoms with E-state index in [-0.39, 0.29) is 11.8 Å². The van der Waals surface area contributed by atoms with Crippen LogP contribution in [0.5, 0.6) is 0 Å². The number of hydrogen-bond acceptors (Lipinski definition) is 1. The lowest BCUT2D eigenvalue weighted by Gasteiger charge is -2.15. The smallest absolute Gasteiger partial charge is 0.227 e. The first-order valence-electron chi connectivity index (χ1n) is 6.61. The fourth-order valence-corrected chi connectivity index (χ4v) is 2.30. The Morgan fingerprint density at radius 1 is 1.33 bits per heavy atom. The molecule has 0 aliphatic carbocycles. The van der Waals surface area contributed by atoms with Crippen molar-refractivity contribution in [2.75, 3.05) is 6.54 Å². The van der Waals surface area contributed by atoms with Gasteiger partial charge < -0.3 is 5.32 Å². The Morgan fingerprint density at radius 2 is 2.00 bits per heavy atom. The zero-order valence-electron chi connectivity index (χ0n) is 11.2. The van der Waals surface area contributed by atoms with E-state index in [2.05, 4.69) is 35.1 Å². The molecule has 1 aromatic carbocycles. The van der Waals surface area contributed by atoms with Crippen LogP contribution in [0.3, 0.4) is 0 Å². The van der Waals surface area contributed by atoms with Crippen LogP contribution in [0, 0.1) is 0 Å². The lowest BCUT2D eigenvalue weighted by atomic mass is 9.95. The summed E-state index contributed by atoms with van der Waals surface area (Å²) < 4.78 is 0.